The van der Waals surface area contributed by atoms with Crippen LogP contribution in [0.4, 0.5) is 13.2 Å². The molecule has 2 amide bonds. The zero-order chi connectivity index (χ0) is 31.9. The molecule has 14 heteroatoms. The Hall–Kier alpha value is -1.79. The molecule has 0 spiro atoms. The number of benzene rings is 1. The zero-order valence-corrected chi connectivity index (χ0v) is 26.1. The minimum atomic E-state index is -4.64. The lowest BCUT2D eigenvalue weighted by molar-refractivity contribution is -0.211. The third-order valence-electron chi connectivity index (χ3n) is 9.88. The summed E-state index contributed by atoms with van der Waals surface area (Å²) in [6, 6.07) is 2.45. The average Bonchev–Trinajstić information content (AvgIpc) is 3.26. The summed E-state index contributed by atoms with van der Waals surface area (Å²) < 4.78 is 52.4. The Morgan fingerprint density at radius 2 is 1.91 bits per heavy atom. The molecule has 2 unspecified atom stereocenters. The number of alkyl halides is 3. The predicted octanol–water partition coefficient (Wildman–Crippen LogP) is 4.76. The van der Waals surface area contributed by atoms with Crippen LogP contribution >= 0.6 is 11.6 Å². The molecule has 0 aromatic heterocycles. The molecule has 7 atom stereocenters. The first kappa shape index (κ1) is 34.1. The number of carbonyl (C=O) groups excluding carboxylic acids is 2. The van der Waals surface area contributed by atoms with Crippen molar-refractivity contribution in [2.75, 3.05) is 6.54 Å². The normalized spacial score (nSPS) is 29.5. The number of hydrogen-bond donors (Lipinski definition) is 4. The van der Waals surface area contributed by atoms with E-state index in [-0.39, 0.29) is 39.9 Å². The molecule has 43 heavy (non-hydrogen) atoms. The van der Waals surface area contributed by atoms with Crippen molar-refractivity contribution >= 4 is 37.7 Å². The zero-order valence-electron chi connectivity index (χ0n) is 25.3. The van der Waals surface area contributed by atoms with E-state index in [1.807, 2.05) is 20.8 Å². The number of carbonyl (C=O) groups is 2. The first-order valence-corrected chi connectivity index (χ1v) is 15.5. The lowest BCUT2D eigenvalue weighted by Gasteiger charge is -2.66. The van der Waals surface area contributed by atoms with E-state index in [1.54, 1.807) is 0 Å². The highest BCUT2D eigenvalue weighted by molar-refractivity contribution is 6.48. The fourth-order valence-corrected chi connectivity index (χ4v) is 7.64. The van der Waals surface area contributed by atoms with E-state index in [0.717, 1.165) is 37.8 Å². The largest absolute Gasteiger partial charge is 0.481 e. The van der Waals surface area contributed by atoms with Gasteiger partial charge in [-0.1, -0.05) is 45.7 Å². The van der Waals surface area contributed by atoms with Crippen molar-refractivity contribution in [2.45, 2.75) is 96.9 Å². The second-order valence-electron chi connectivity index (χ2n) is 13.6. The van der Waals surface area contributed by atoms with Gasteiger partial charge < -0.3 is 30.0 Å². The fraction of sp³-hybridized carbons (Fsp3) is 0.724. The van der Waals surface area contributed by atoms with Gasteiger partial charge in [0.15, 0.2) is 0 Å². The van der Waals surface area contributed by atoms with Crippen molar-refractivity contribution in [1.29, 1.82) is 0 Å². The first-order valence-electron chi connectivity index (χ1n) is 15.1. The highest BCUT2D eigenvalue weighted by atomic mass is 35.5. The second-order valence-corrected chi connectivity index (χ2v) is 14.0. The Morgan fingerprint density at radius 3 is 2.53 bits per heavy atom. The molecule has 8 nitrogen and oxygen atoms in total. The van der Waals surface area contributed by atoms with Crippen LogP contribution in [-0.2, 0) is 20.3 Å². The van der Waals surface area contributed by atoms with Crippen LogP contribution in [0.2, 0.25) is 11.3 Å². The molecule has 5 rings (SSSR count). The van der Waals surface area contributed by atoms with Crippen molar-refractivity contribution in [3.05, 3.63) is 34.3 Å². The molecule has 4 aliphatic rings. The topological polar surface area (TPSA) is 117 Å². The van der Waals surface area contributed by atoms with Crippen molar-refractivity contribution < 1.29 is 42.1 Å². The Balaban J connectivity index is 1.38. The van der Waals surface area contributed by atoms with Crippen molar-refractivity contribution in [3.63, 3.8) is 0 Å². The second kappa shape index (κ2) is 12.9. The molecule has 1 aromatic carbocycles. The van der Waals surface area contributed by atoms with Crippen molar-refractivity contribution in [1.82, 2.24) is 10.6 Å². The summed E-state index contributed by atoms with van der Waals surface area (Å²) in [5, 5.41) is 23.8. The monoisotopic (exact) mass is 628 g/mol. The lowest BCUT2D eigenvalue weighted by atomic mass is 9.41. The van der Waals surface area contributed by atoms with E-state index in [1.165, 1.54) is 0 Å². The Morgan fingerprint density at radius 1 is 1.21 bits per heavy atom. The number of nitrogens with one attached hydrogen (secondary N) is 2. The summed E-state index contributed by atoms with van der Waals surface area (Å²) in [6.45, 7) is 9.97. The molecule has 1 heterocycles. The van der Waals surface area contributed by atoms with Gasteiger partial charge in [0, 0.05) is 0 Å². The van der Waals surface area contributed by atoms with Gasteiger partial charge in [0.05, 0.1) is 40.3 Å². The van der Waals surface area contributed by atoms with E-state index in [9.17, 15) is 32.8 Å². The van der Waals surface area contributed by atoms with Crippen LogP contribution in [0.1, 0.15) is 82.6 Å². The maximum Gasteiger partial charge on any atom is 0.481 e. The summed E-state index contributed by atoms with van der Waals surface area (Å²) in [6.07, 6.45) is -0.161. The molecule has 238 valence electrons. The maximum atomic E-state index is 13.1. The molecule has 1 aromatic rings. The molecule has 2 bridgehead atoms. The molecular weight excluding hydrogens is 586 g/mol. The minimum Gasteiger partial charge on any atom is -0.427 e. The minimum absolute atomic E-state index is 0.0456. The predicted molar refractivity (Wildman–Crippen MR) is 158 cm³/mol. The van der Waals surface area contributed by atoms with Gasteiger partial charge in [-0.15, -0.1) is 0 Å². The van der Waals surface area contributed by atoms with E-state index < -0.39 is 55.9 Å². The SMILES string of the molecule is CC(C)C[C@H](NC(=O)CNC(=O)c1cc(C(F)(F)F)ccc1Cl)B1O[C@@H]2CC3C[C@H]([C@]2(C)O1)[C@]3(C)CCC(C)CB(O)O. The van der Waals surface area contributed by atoms with Gasteiger partial charge in [-0.25, -0.2) is 0 Å². The highest BCUT2D eigenvalue weighted by Crippen LogP contribution is 2.67. The highest BCUT2D eigenvalue weighted by Gasteiger charge is 2.69. The number of rotatable bonds is 12. The Kier molecular flexibility index (Phi) is 10.2. The van der Waals surface area contributed by atoms with Crippen LogP contribution in [0.3, 0.4) is 0 Å². The number of hydrogen-bond acceptors (Lipinski definition) is 6. The van der Waals surface area contributed by atoms with E-state index >= 15 is 0 Å². The molecule has 3 aliphatic carbocycles. The van der Waals surface area contributed by atoms with Gasteiger partial charge in [-0.05, 0) is 86.2 Å². The van der Waals surface area contributed by atoms with Crippen LogP contribution in [0.25, 0.3) is 0 Å². The van der Waals surface area contributed by atoms with Crippen LogP contribution in [-0.4, -0.2) is 60.3 Å². The summed E-state index contributed by atoms with van der Waals surface area (Å²) in [4.78, 5) is 25.6. The first-order chi connectivity index (χ1) is 19.9. The van der Waals surface area contributed by atoms with Crippen LogP contribution in [0, 0.1) is 29.1 Å². The maximum absolute atomic E-state index is 13.1. The summed E-state index contributed by atoms with van der Waals surface area (Å²) >= 11 is 5.97. The summed E-state index contributed by atoms with van der Waals surface area (Å²) in [5.41, 5.74) is -1.88. The summed E-state index contributed by atoms with van der Waals surface area (Å²) in [7, 11) is -2.00. The molecule has 3 saturated carbocycles. The van der Waals surface area contributed by atoms with Crippen molar-refractivity contribution in [3.8, 4) is 0 Å². The van der Waals surface area contributed by atoms with Gasteiger partial charge in [0.25, 0.3) is 5.91 Å². The van der Waals surface area contributed by atoms with Gasteiger partial charge in [-0.3, -0.25) is 9.59 Å². The lowest BCUT2D eigenvalue weighted by Crippen LogP contribution is -2.66. The van der Waals surface area contributed by atoms with E-state index in [4.69, 9.17) is 20.9 Å². The van der Waals surface area contributed by atoms with Crippen LogP contribution in [0.15, 0.2) is 18.2 Å². The molecule has 4 N–H and O–H groups in total. The van der Waals surface area contributed by atoms with Gasteiger partial charge >= 0.3 is 20.4 Å². The molecule has 0 radical (unpaired) electrons. The smallest absolute Gasteiger partial charge is 0.427 e. The fourth-order valence-electron chi connectivity index (χ4n) is 7.43. The number of halogens is 4. The molecule has 1 saturated heterocycles. The Labute approximate surface area is 257 Å². The van der Waals surface area contributed by atoms with Gasteiger partial charge in [0.1, 0.15) is 0 Å². The standard InChI is InChI=1S/C29H42B2ClF3N2O6/c1-16(2)10-24(37-25(38)15-36-26(39)20-11-18(29(33,34)35)6-7-21(20)32)31-42-23-13-19-12-22(28(23,5)43-31)27(19,4)9-8-17(3)14-30(40)41/h6-7,11,16-17,19,22-24,40-41H,8-10,12-15H2,1-5H3,(H,36,39)(H,37,38)/t17?,19?,22-,23+,24-,27+,28-/m0/s1. The number of amides is 2. The van der Waals surface area contributed by atoms with Gasteiger partial charge in [-0.2, -0.15) is 13.2 Å². The third kappa shape index (κ3) is 7.38. The quantitative estimate of drug-likeness (QED) is 0.248. The van der Waals surface area contributed by atoms with Crippen molar-refractivity contribution in [2.24, 2.45) is 29.1 Å². The third-order valence-corrected chi connectivity index (χ3v) is 10.2. The Bertz CT molecular complexity index is 1190. The molecule has 1 aliphatic heterocycles. The average molecular weight is 629 g/mol. The van der Waals surface area contributed by atoms with E-state index in [0.29, 0.717) is 24.7 Å². The summed E-state index contributed by atoms with van der Waals surface area (Å²) in [5.74, 6) is -0.811. The molecule has 4 fully saturated rings. The van der Waals surface area contributed by atoms with Crippen LogP contribution in [0.5, 0.6) is 0 Å². The van der Waals surface area contributed by atoms with Crippen LogP contribution < -0.4 is 10.6 Å². The van der Waals surface area contributed by atoms with E-state index in [2.05, 4.69) is 24.5 Å². The van der Waals surface area contributed by atoms with Gasteiger partial charge in [0.2, 0.25) is 5.91 Å². The molecular formula is C29H42B2ClF3N2O6.